The Balaban J connectivity index is 1.21. The van der Waals surface area contributed by atoms with Gasteiger partial charge >= 0.3 is 0 Å². The van der Waals surface area contributed by atoms with E-state index in [1.165, 1.54) is 17.7 Å². The van der Waals surface area contributed by atoms with Gasteiger partial charge in [-0.1, -0.05) is 0 Å². The first-order chi connectivity index (χ1) is 16.8. The highest BCUT2D eigenvalue weighted by Gasteiger charge is 2.41. The number of fused-ring (bicyclic) bond motifs is 3. The number of anilines is 4. The molecular formula is C26H29N7O2. The van der Waals surface area contributed by atoms with Gasteiger partial charge in [-0.25, -0.2) is 15.0 Å². The van der Waals surface area contributed by atoms with Gasteiger partial charge in [-0.05, 0) is 70.1 Å². The standard InChI is InChI=1S/C26H29N7O2/c1-15-9-17(5-6-21(15)33-14-18-11-19(33)13-32(18)4)29-25-27-8-7-20(30-25)16-10-22-23(28-12-16)31-24(34)26(2,3)35-22/h5-10,12,18-19H,11,13-14H2,1-4H3,(H,27,29,30)(H,28,31,34)/t18-,19-/m1/s1. The van der Waals surface area contributed by atoms with Gasteiger partial charge in [0.1, 0.15) is 0 Å². The van der Waals surface area contributed by atoms with Crippen LogP contribution < -0.4 is 20.3 Å². The Morgan fingerprint density at radius 3 is 2.74 bits per heavy atom. The van der Waals surface area contributed by atoms with Crippen molar-refractivity contribution in [1.82, 2.24) is 19.9 Å². The first-order valence-electron chi connectivity index (χ1n) is 12.0. The second kappa shape index (κ2) is 7.91. The summed E-state index contributed by atoms with van der Waals surface area (Å²) in [4.78, 5) is 30.6. The summed E-state index contributed by atoms with van der Waals surface area (Å²) < 4.78 is 5.87. The summed E-state index contributed by atoms with van der Waals surface area (Å²) in [6.07, 6.45) is 4.64. The van der Waals surface area contributed by atoms with E-state index in [0.29, 0.717) is 35.3 Å². The van der Waals surface area contributed by atoms with Crippen molar-refractivity contribution in [2.45, 2.75) is 44.9 Å². The lowest BCUT2D eigenvalue weighted by molar-refractivity contribution is -0.129. The van der Waals surface area contributed by atoms with Crippen LogP contribution in [0.1, 0.15) is 25.8 Å². The summed E-state index contributed by atoms with van der Waals surface area (Å²) in [5.74, 6) is 1.22. The third-order valence-electron chi connectivity index (χ3n) is 7.22. The van der Waals surface area contributed by atoms with Crippen LogP contribution in [-0.4, -0.2) is 63.6 Å². The van der Waals surface area contributed by atoms with Crippen molar-refractivity contribution >= 4 is 29.0 Å². The maximum absolute atomic E-state index is 12.1. The predicted octanol–water partition coefficient (Wildman–Crippen LogP) is 3.59. The van der Waals surface area contributed by atoms with E-state index < -0.39 is 5.60 Å². The van der Waals surface area contributed by atoms with Crippen LogP contribution >= 0.6 is 0 Å². The molecule has 9 nitrogen and oxygen atoms in total. The number of amides is 1. The first kappa shape index (κ1) is 21.8. The average molecular weight is 472 g/mol. The van der Waals surface area contributed by atoms with E-state index in [1.54, 1.807) is 26.2 Å². The Labute approximate surface area is 204 Å². The average Bonchev–Trinajstić information content (AvgIpc) is 3.39. The Hall–Kier alpha value is -3.72. The van der Waals surface area contributed by atoms with Crippen LogP contribution in [0.15, 0.2) is 42.7 Å². The fourth-order valence-corrected chi connectivity index (χ4v) is 5.26. The van der Waals surface area contributed by atoms with Gasteiger partial charge in [0.25, 0.3) is 5.91 Å². The molecule has 0 aliphatic carbocycles. The number of pyridine rings is 1. The molecule has 6 rings (SSSR count). The third kappa shape index (κ3) is 3.85. The number of nitrogens with zero attached hydrogens (tertiary/aromatic N) is 5. The number of carbonyl (C=O) groups excluding carboxylic acids is 1. The monoisotopic (exact) mass is 471 g/mol. The van der Waals surface area contributed by atoms with Gasteiger partial charge in [0.2, 0.25) is 5.95 Å². The van der Waals surface area contributed by atoms with E-state index in [4.69, 9.17) is 4.74 Å². The zero-order chi connectivity index (χ0) is 24.3. The Morgan fingerprint density at radius 2 is 2.00 bits per heavy atom. The smallest absolute Gasteiger partial charge is 0.269 e. The van der Waals surface area contributed by atoms with Crippen molar-refractivity contribution in [3.63, 3.8) is 0 Å². The molecule has 1 amide bonds. The van der Waals surface area contributed by atoms with Gasteiger partial charge in [-0.2, -0.15) is 0 Å². The lowest BCUT2D eigenvalue weighted by atomic mass is 10.1. The number of likely N-dealkylation sites (tertiary alicyclic amines) is 1. The molecule has 2 saturated heterocycles. The maximum atomic E-state index is 12.1. The van der Waals surface area contributed by atoms with E-state index in [2.05, 4.69) is 67.6 Å². The number of likely N-dealkylation sites (N-methyl/N-ethyl adjacent to an activating group) is 1. The molecule has 3 aliphatic heterocycles. The highest BCUT2D eigenvalue weighted by Crippen LogP contribution is 2.37. The zero-order valence-electron chi connectivity index (χ0n) is 20.4. The summed E-state index contributed by atoms with van der Waals surface area (Å²) in [7, 11) is 2.22. The van der Waals surface area contributed by atoms with Crippen molar-refractivity contribution in [3.8, 4) is 17.0 Å². The van der Waals surface area contributed by atoms with Gasteiger partial charge in [0.15, 0.2) is 17.2 Å². The molecule has 35 heavy (non-hydrogen) atoms. The topological polar surface area (TPSA) is 95.5 Å². The van der Waals surface area contributed by atoms with Gasteiger partial charge in [-0.15, -0.1) is 0 Å². The van der Waals surface area contributed by atoms with Crippen LogP contribution in [-0.2, 0) is 4.79 Å². The molecule has 2 atom stereocenters. The normalized spacial score (nSPS) is 22.5. The minimum Gasteiger partial charge on any atom is -0.474 e. The van der Waals surface area contributed by atoms with Crippen LogP contribution in [0.2, 0.25) is 0 Å². The first-order valence-corrected chi connectivity index (χ1v) is 12.0. The Morgan fingerprint density at radius 1 is 1.14 bits per heavy atom. The van der Waals surface area contributed by atoms with Crippen LogP contribution in [0.4, 0.5) is 23.1 Å². The number of hydrogen-bond acceptors (Lipinski definition) is 8. The number of nitrogens with one attached hydrogen (secondary N) is 2. The number of aromatic nitrogens is 3. The lowest BCUT2D eigenvalue weighted by Crippen LogP contribution is -2.45. The van der Waals surface area contributed by atoms with E-state index in [1.807, 2.05) is 12.1 Å². The maximum Gasteiger partial charge on any atom is 0.269 e. The fraction of sp³-hybridized carbons (Fsp3) is 0.385. The lowest BCUT2D eigenvalue weighted by Gasteiger charge is -2.34. The highest BCUT2D eigenvalue weighted by atomic mass is 16.5. The fourth-order valence-electron chi connectivity index (χ4n) is 5.26. The molecule has 2 bridgehead atoms. The van der Waals surface area contributed by atoms with Crippen LogP contribution in [0.25, 0.3) is 11.3 Å². The number of carbonyl (C=O) groups is 1. The second-order valence-electron chi connectivity index (χ2n) is 10.2. The quantitative estimate of drug-likeness (QED) is 0.596. The van der Waals surface area contributed by atoms with E-state index in [0.717, 1.165) is 24.3 Å². The molecule has 0 unspecified atom stereocenters. The Kier molecular flexibility index (Phi) is 4.93. The van der Waals surface area contributed by atoms with Crippen LogP contribution in [0, 0.1) is 6.92 Å². The van der Waals surface area contributed by atoms with E-state index >= 15 is 0 Å². The minimum atomic E-state index is -0.958. The molecule has 0 saturated carbocycles. The van der Waals surface area contributed by atoms with Crippen molar-refractivity contribution in [2.75, 3.05) is 35.7 Å². The molecule has 2 aromatic heterocycles. The summed E-state index contributed by atoms with van der Waals surface area (Å²) in [6, 6.07) is 11.4. The molecule has 3 aromatic rings. The molecule has 2 N–H and O–H groups in total. The molecule has 3 aliphatic rings. The summed E-state index contributed by atoms with van der Waals surface area (Å²) in [6.45, 7) is 7.85. The van der Waals surface area contributed by atoms with Gasteiger partial charge in [-0.3, -0.25) is 9.69 Å². The van der Waals surface area contributed by atoms with Crippen LogP contribution in [0.3, 0.4) is 0 Å². The van der Waals surface area contributed by atoms with Crippen molar-refractivity contribution < 1.29 is 9.53 Å². The molecule has 180 valence electrons. The van der Waals surface area contributed by atoms with Gasteiger partial charge in [0.05, 0.1) is 5.69 Å². The van der Waals surface area contributed by atoms with Crippen molar-refractivity contribution in [1.29, 1.82) is 0 Å². The molecule has 9 heteroatoms. The number of piperazine rings is 1. The Bertz CT molecular complexity index is 1320. The molecule has 5 heterocycles. The molecule has 0 spiro atoms. The number of rotatable bonds is 4. The summed E-state index contributed by atoms with van der Waals surface area (Å²) >= 11 is 0. The molecule has 1 aromatic carbocycles. The third-order valence-corrected chi connectivity index (χ3v) is 7.22. The predicted molar refractivity (Wildman–Crippen MR) is 135 cm³/mol. The second-order valence-corrected chi connectivity index (χ2v) is 10.2. The van der Waals surface area contributed by atoms with Crippen molar-refractivity contribution in [2.24, 2.45) is 0 Å². The van der Waals surface area contributed by atoms with Gasteiger partial charge in [0, 0.05) is 54.5 Å². The summed E-state index contributed by atoms with van der Waals surface area (Å²) in [5, 5.41) is 6.13. The molecule has 2 fully saturated rings. The number of ether oxygens (including phenoxy) is 1. The van der Waals surface area contributed by atoms with Crippen LogP contribution in [0.5, 0.6) is 5.75 Å². The number of hydrogen-bond donors (Lipinski definition) is 2. The summed E-state index contributed by atoms with van der Waals surface area (Å²) in [5.41, 5.74) is 4.02. The SMILES string of the molecule is Cc1cc(Nc2nccc(-c3cnc4c(c3)OC(C)(C)C(=O)N4)n2)ccc1N1C[C@H]2C[C@@H]1CN2C. The molecular weight excluding hydrogens is 442 g/mol. The van der Waals surface area contributed by atoms with E-state index in [-0.39, 0.29) is 5.91 Å². The largest absolute Gasteiger partial charge is 0.474 e. The van der Waals surface area contributed by atoms with Gasteiger partial charge < -0.3 is 20.3 Å². The zero-order valence-corrected chi connectivity index (χ0v) is 20.4. The minimum absolute atomic E-state index is 0.218. The number of benzene rings is 1. The van der Waals surface area contributed by atoms with Crippen molar-refractivity contribution in [3.05, 3.63) is 48.3 Å². The molecule has 0 radical (unpaired) electrons. The van der Waals surface area contributed by atoms with E-state index in [9.17, 15) is 4.79 Å². The highest BCUT2D eigenvalue weighted by molar-refractivity contribution is 5.99. The number of aryl methyl sites for hydroxylation is 1.